The molecular formula is C11H10F4O. The van der Waals surface area contributed by atoms with Crippen molar-refractivity contribution in [3.8, 4) is 0 Å². The Bertz CT molecular complexity index is 384. The lowest BCUT2D eigenvalue weighted by Gasteiger charge is -2.13. The van der Waals surface area contributed by atoms with Crippen molar-refractivity contribution in [2.75, 3.05) is 0 Å². The Balaban J connectivity index is 3.13. The summed E-state index contributed by atoms with van der Waals surface area (Å²) in [4.78, 5) is 0. The van der Waals surface area contributed by atoms with Crippen molar-refractivity contribution >= 4 is 0 Å². The smallest absolute Gasteiger partial charge is 0.388 e. The molecule has 0 amide bonds. The fraction of sp³-hybridized carbons (Fsp3) is 0.273. The van der Waals surface area contributed by atoms with Crippen molar-refractivity contribution in [3.63, 3.8) is 0 Å². The number of halogens is 4. The molecule has 0 aliphatic rings. The molecule has 1 nitrogen and oxygen atoms in total. The second kappa shape index (κ2) is 4.65. The lowest BCUT2D eigenvalue weighted by molar-refractivity contribution is -0.137. The van der Waals surface area contributed by atoms with Gasteiger partial charge >= 0.3 is 6.18 Å². The zero-order valence-corrected chi connectivity index (χ0v) is 8.26. The van der Waals surface area contributed by atoms with Crippen molar-refractivity contribution in [1.82, 2.24) is 0 Å². The maximum absolute atomic E-state index is 13.2. The van der Waals surface area contributed by atoms with E-state index in [1.807, 2.05) is 0 Å². The van der Waals surface area contributed by atoms with Crippen LogP contribution in [0.2, 0.25) is 0 Å². The van der Waals surface area contributed by atoms with E-state index in [0.717, 1.165) is 0 Å². The van der Waals surface area contributed by atoms with E-state index < -0.39 is 23.7 Å². The molecule has 0 aliphatic carbocycles. The molecule has 1 aromatic rings. The van der Waals surface area contributed by atoms with Gasteiger partial charge in [0.1, 0.15) is 5.82 Å². The number of alkyl halides is 3. The third-order valence-corrected chi connectivity index (χ3v) is 2.07. The molecule has 0 radical (unpaired) electrons. The zero-order valence-electron chi connectivity index (χ0n) is 8.26. The first-order valence-electron chi connectivity index (χ1n) is 4.52. The molecule has 0 bridgehead atoms. The van der Waals surface area contributed by atoms with Crippen molar-refractivity contribution < 1.29 is 22.7 Å². The van der Waals surface area contributed by atoms with Crippen LogP contribution in [0.4, 0.5) is 17.6 Å². The fourth-order valence-electron chi connectivity index (χ4n) is 1.26. The summed E-state index contributed by atoms with van der Waals surface area (Å²) in [5.74, 6) is -0.859. The molecule has 1 rings (SSSR count). The van der Waals surface area contributed by atoms with Crippen LogP contribution in [0.15, 0.2) is 30.9 Å². The van der Waals surface area contributed by atoms with Crippen molar-refractivity contribution in [1.29, 1.82) is 0 Å². The number of hydrogen-bond donors (Lipinski definition) is 1. The van der Waals surface area contributed by atoms with Gasteiger partial charge in [-0.05, 0) is 24.6 Å². The first-order valence-corrected chi connectivity index (χ1v) is 4.52. The van der Waals surface area contributed by atoms with E-state index in [-0.39, 0.29) is 12.0 Å². The summed E-state index contributed by atoms with van der Waals surface area (Å²) in [5, 5.41) is 9.41. The highest BCUT2D eigenvalue weighted by molar-refractivity contribution is 5.29. The van der Waals surface area contributed by atoms with Gasteiger partial charge in [-0.2, -0.15) is 13.2 Å². The van der Waals surface area contributed by atoms with E-state index in [0.29, 0.717) is 18.2 Å². The number of rotatable bonds is 3. The Kier molecular flexibility index (Phi) is 3.70. The number of aliphatic hydroxyl groups is 1. The van der Waals surface area contributed by atoms with Gasteiger partial charge in [0, 0.05) is 5.56 Å². The van der Waals surface area contributed by atoms with Crippen LogP contribution in [-0.2, 0) is 6.18 Å². The van der Waals surface area contributed by atoms with E-state index in [1.54, 1.807) is 0 Å². The van der Waals surface area contributed by atoms with Crippen molar-refractivity contribution in [3.05, 3.63) is 47.8 Å². The molecular weight excluding hydrogens is 224 g/mol. The maximum atomic E-state index is 13.2. The Morgan fingerprint density at radius 2 is 2.00 bits per heavy atom. The molecule has 0 aliphatic heterocycles. The topological polar surface area (TPSA) is 20.2 Å². The summed E-state index contributed by atoms with van der Waals surface area (Å²) in [6.45, 7) is 3.32. The first-order chi connectivity index (χ1) is 7.36. The monoisotopic (exact) mass is 234 g/mol. The molecule has 0 aromatic heterocycles. The van der Waals surface area contributed by atoms with Crippen LogP contribution in [0.5, 0.6) is 0 Å². The summed E-state index contributed by atoms with van der Waals surface area (Å²) < 4.78 is 50.1. The normalized spacial score (nSPS) is 13.6. The van der Waals surface area contributed by atoms with Gasteiger partial charge in [0.25, 0.3) is 0 Å². The van der Waals surface area contributed by atoms with Crippen LogP contribution < -0.4 is 0 Å². The number of benzene rings is 1. The van der Waals surface area contributed by atoms with Gasteiger partial charge in [-0.15, -0.1) is 6.58 Å². The van der Waals surface area contributed by atoms with Gasteiger partial charge < -0.3 is 5.11 Å². The van der Waals surface area contributed by atoms with Gasteiger partial charge in [0.2, 0.25) is 0 Å². The lowest BCUT2D eigenvalue weighted by atomic mass is 10.0. The number of aliphatic hydroxyl groups excluding tert-OH is 1. The van der Waals surface area contributed by atoms with E-state index in [4.69, 9.17) is 0 Å². The third kappa shape index (κ3) is 2.82. The lowest BCUT2D eigenvalue weighted by Crippen LogP contribution is -2.08. The maximum Gasteiger partial charge on any atom is 0.416 e. The van der Waals surface area contributed by atoms with Crippen LogP contribution >= 0.6 is 0 Å². The molecule has 1 N–H and O–H groups in total. The SMILES string of the molecule is C=CCC(O)c1cc(C(F)(F)F)ccc1F. The molecule has 88 valence electrons. The fourth-order valence-corrected chi connectivity index (χ4v) is 1.26. The predicted octanol–water partition coefficient (Wildman–Crippen LogP) is 3.45. The Labute approximate surface area is 90.0 Å². The molecule has 0 saturated carbocycles. The minimum atomic E-state index is -4.55. The highest BCUT2D eigenvalue weighted by Crippen LogP contribution is 2.32. The first kappa shape index (κ1) is 12.7. The van der Waals surface area contributed by atoms with Gasteiger partial charge in [0.15, 0.2) is 0 Å². The summed E-state index contributed by atoms with van der Waals surface area (Å²) in [6, 6.07) is 1.95. The molecule has 0 spiro atoms. The third-order valence-electron chi connectivity index (χ3n) is 2.07. The molecule has 1 unspecified atom stereocenters. The van der Waals surface area contributed by atoms with E-state index in [2.05, 4.69) is 6.58 Å². The van der Waals surface area contributed by atoms with Crippen LogP contribution in [-0.4, -0.2) is 5.11 Å². The standard InChI is InChI=1S/C11H10F4O/c1-2-3-10(16)8-6-7(11(13,14)15)4-5-9(8)12/h2,4-6,10,16H,1,3H2. The van der Waals surface area contributed by atoms with Crippen molar-refractivity contribution in [2.24, 2.45) is 0 Å². The molecule has 5 heteroatoms. The largest absolute Gasteiger partial charge is 0.416 e. The molecule has 1 atom stereocenters. The molecule has 0 heterocycles. The van der Waals surface area contributed by atoms with Crippen molar-refractivity contribution in [2.45, 2.75) is 18.7 Å². The second-order valence-electron chi connectivity index (χ2n) is 3.27. The summed E-state index contributed by atoms with van der Waals surface area (Å²) in [5.41, 5.74) is -1.35. The molecule has 16 heavy (non-hydrogen) atoms. The van der Waals surface area contributed by atoms with Gasteiger partial charge in [-0.3, -0.25) is 0 Å². The van der Waals surface area contributed by atoms with E-state index in [9.17, 15) is 22.7 Å². The molecule has 0 fully saturated rings. The predicted molar refractivity (Wildman–Crippen MR) is 51.2 cm³/mol. The summed E-state index contributed by atoms with van der Waals surface area (Å²) >= 11 is 0. The van der Waals surface area contributed by atoms with E-state index >= 15 is 0 Å². The molecule has 0 saturated heterocycles. The quantitative estimate of drug-likeness (QED) is 0.627. The summed E-state index contributed by atoms with van der Waals surface area (Å²) in [6.07, 6.45) is -4.54. The highest BCUT2D eigenvalue weighted by atomic mass is 19.4. The minimum Gasteiger partial charge on any atom is -0.388 e. The van der Waals surface area contributed by atoms with Crippen LogP contribution in [0.3, 0.4) is 0 Å². The average Bonchev–Trinajstić information content (AvgIpc) is 2.16. The number of hydrogen-bond acceptors (Lipinski definition) is 1. The zero-order chi connectivity index (χ0) is 12.3. The second-order valence-corrected chi connectivity index (χ2v) is 3.27. The van der Waals surface area contributed by atoms with Crippen LogP contribution in [0.25, 0.3) is 0 Å². The van der Waals surface area contributed by atoms with E-state index in [1.165, 1.54) is 6.08 Å². The van der Waals surface area contributed by atoms with Gasteiger partial charge in [-0.25, -0.2) is 4.39 Å². The average molecular weight is 234 g/mol. The van der Waals surface area contributed by atoms with Crippen LogP contribution in [0, 0.1) is 5.82 Å². The Hall–Kier alpha value is -1.36. The van der Waals surface area contributed by atoms with Gasteiger partial charge in [0.05, 0.1) is 11.7 Å². The summed E-state index contributed by atoms with van der Waals surface area (Å²) in [7, 11) is 0. The Morgan fingerprint density at radius 1 is 1.38 bits per heavy atom. The minimum absolute atomic E-state index is 0.00176. The van der Waals surface area contributed by atoms with Crippen LogP contribution in [0.1, 0.15) is 23.7 Å². The Morgan fingerprint density at radius 3 is 2.50 bits per heavy atom. The highest BCUT2D eigenvalue weighted by Gasteiger charge is 2.31. The van der Waals surface area contributed by atoms with Gasteiger partial charge in [-0.1, -0.05) is 6.08 Å². The molecule has 1 aromatic carbocycles.